The molecule has 156 valence electrons. The zero-order valence-corrected chi connectivity index (χ0v) is 18.3. The Hall–Kier alpha value is -2.04. The van der Waals surface area contributed by atoms with Crippen molar-refractivity contribution in [2.75, 3.05) is 26.2 Å². The summed E-state index contributed by atoms with van der Waals surface area (Å²) in [5, 5.41) is 0. The Balaban J connectivity index is 2.07. The third kappa shape index (κ3) is 5.73. The Kier molecular flexibility index (Phi) is 7.50. The number of amides is 2. The summed E-state index contributed by atoms with van der Waals surface area (Å²) in [7, 11) is 0. The van der Waals surface area contributed by atoms with E-state index in [1.165, 1.54) is 5.56 Å². The van der Waals surface area contributed by atoms with E-state index >= 15 is 0 Å². The lowest BCUT2D eigenvalue weighted by Crippen LogP contribution is -2.37. The molecule has 0 aliphatic carbocycles. The van der Waals surface area contributed by atoms with Crippen molar-refractivity contribution in [1.29, 1.82) is 0 Å². The van der Waals surface area contributed by atoms with Crippen LogP contribution in [0.15, 0.2) is 24.3 Å². The molecule has 1 aromatic carbocycles. The smallest absolute Gasteiger partial charge is 0.410 e. The first-order valence-electron chi connectivity index (χ1n) is 10.5. The summed E-state index contributed by atoms with van der Waals surface area (Å²) in [5.41, 5.74) is 1.51. The van der Waals surface area contributed by atoms with Crippen molar-refractivity contribution in [3.05, 3.63) is 35.4 Å². The summed E-state index contributed by atoms with van der Waals surface area (Å²) in [6.45, 7) is 14.8. The third-order valence-electron chi connectivity index (χ3n) is 5.54. The minimum absolute atomic E-state index is 0.0848. The second-order valence-electron chi connectivity index (χ2n) is 8.73. The fraction of sp³-hybridized carbons (Fsp3) is 0.652. The van der Waals surface area contributed by atoms with Crippen LogP contribution in [0.5, 0.6) is 0 Å². The van der Waals surface area contributed by atoms with Crippen molar-refractivity contribution in [3.63, 3.8) is 0 Å². The highest BCUT2D eigenvalue weighted by molar-refractivity contribution is 5.94. The minimum atomic E-state index is -0.471. The average Bonchev–Trinajstić information content (AvgIpc) is 2.83. The number of benzene rings is 1. The van der Waals surface area contributed by atoms with Gasteiger partial charge in [0, 0.05) is 31.7 Å². The maximum Gasteiger partial charge on any atom is 0.410 e. The number of hydrogen-bond acceptors (Lipinski definition) is 3. The van der Waals surface area contributed by atoms with Gasteiger partial charge in [-0.25, -0.2) is 4.79 Å². The number of rotatable bonds is 4. The lowest BCUT2D eigenvalue weighted by atomic mass is 9.83. The Bertz CT molecular complexity index is 659. The Labute approximate surface area is 170 Å². The molecule has 1 aliphatic heterocycles. The molecule has 2 rings (SSSR count). The van der Waals surface area contributed by atoms with Crippen molar-refractivity contribution in [2.45, 2.75) is 65.9 Å². The van der Waals surface area contributed by atoms with E-state index in [-0.39, 0.29) is 12.0 Å². The van der Waals surface area contributed by atoms with E-state index in [1.54, 1.807) is 0 Å². The molecule has 0 bridgehead atoms. The van der Waals surface area contributed by atoms with E-state index in [2.05, 4.69) is 19.1 Å². The van der Waals surface area contributed by atoms with Crippen molar-refractivity contribution in [1.82, 2.24) is 9.80 Å². The summed E-state index contributed by atoms with van der Waals surface area (Å²) < 4.78 is 5.54. The van der Waals surface area contributed by atoms with Gasteiger partial charge in [-0.2, -0.15) is 0 Å². The summed E-state index contributed by atoms with van der Waals surface area (Å²) in [5.74, 6) is 0.934. The normalized spacial score (nSPS) is 20.4. The van der Waals surface area contributed by atoms with Crippen molar-refractivity contribution >= 4 is 12.0 Å². The number of ether oxygens (including phenoxy) is 1. The number of carbonyl (C=O) groups is 2. The number of hydrogen-bond donors (Lipinski definition) is 0. The monoisotopic (exact) mass is 388 g/mol. The molecule has 0 spiro atoms. The molecule has 1 fully saturated rings. The van der Waals surface area contributed by atoms with Crippen LogP contribution >= 0.6 is 0 Å². The molecule has 1 saturated heterocycles. The van der Waals surface area contributed by atoms with Gasteiger partial charge >= 0.3 is 6.09 Å². The fourth-order valence-electron chi connectivity index (χ4n) is 3.82. The van der Waals surface area contributed by atoms with Crippen LogP contribution in [0.3, 0.4) is 0 Å². The van der Waals surface area contributed by atoms with Crippen LogP contribution in [-0.4, -0.2) is 53.6 Å². The molecule has 5 nitrogen and oxygen atoms in total. The molecule has 5 heteroatoms. The van der Waals surface area contributed by atoms with E-state index in [1.807, 2.05) is 56.6 Å². The van der Waals surface area contributed by atoms with Gasteiger partial charge in [-0.05, 0) is 77.0 Å². The van der Waals surface area contributed by atoms with E-state index < -0.39 is 5.60 Å². The molecule has 0 aromatic heterocycles. The molecule has 1 aromatic rings. The van der Waals surface area contributed by atoms with E-state index in [0.717, 1.165) is 38.0 Å². The molecule has 0 saturated carbocycles. The van der Waals surface area contributed by atoms with Gasteiger partial charge < -0.3 is 14.5 Å². The molecular weight excluding hydrogens is 352 g/mol. The Morgan fingerprint density at radius 3 is 2.18 bits per heavy atom. The quantitative estimate of drug-likeness (QED) is 0.736. The van der Waals surface area contributed by atoms with Crippen LogP contribution in [0.2, 0.25) is 0 Å². The minimum Gasteiger partial charge on any atom is -0.444 e. The van der Waals surface area contributed by atoms with Gasteiger partial charge in [0.25, 0.3) is 5.91 Å². The standard InChI is InChI=1S/C23H36N2O3/c1-7-24(8-2)21(26)19-11-9-18(10-12-19)20-14-16-25(15-13-17(20)3)22(27)28-23(4,5)6/h9-12,17,20H,7-8,13-16H2,1-6H3/t17-,20-/m0/s1. The first kappa shape index (κ1) is 22.3. The van der Waals surface area contributed by atoms with Crippen LogP contribution in [0.1, 0.15) is 76.2 Å². The molecule has 1 aliphatic rings. The SMILES string of the molecule is CCN(CC)C(=O)c1ccc([C@H]2CCN(C(=O)OC(C)(C)C)CC[C@@H]2C)cc1. The maximum atomic E-state index is 12.5. The fourth-order valence-corrected chi connectivity index (χ4v) is 3.82. The van der Waals surface area contributed by atoms with Crippen LogP contribution in [0, 0.1) is 5.92 Å². The predicted octanol–water partition coefficient (Wildman–Crippen LogP) is 4.92. The lowest BCUT2D eigenvalue weighted by Gasteiger charge is -2.26. The first-order chi connectivity index (χ1) is 13.2. The zero-order chi connectivity index (χ0) is 20.9. The van der Waals surface area contributed by atoms with Crippen molar-refractivity contribution in [3.8, 4) is 0 Å². The lowest BCUT2D eigenvalue weighted by molar-refractivity contribution is 0.0255. The van der Waals surface area contributed by atoms with Gasteiger partial charge in [0.05, 0.1) is 0 Å². The summed E-state index contributed by atoms with van der Waals surface area (Å²) in [6, 6.07) is 8.06. The molecule has 0 radical (unpaired) electrons. The van der Waals surface area contributed by atoms with Crippen molar-refractivity contribution < 1.29 is 14.3 Å². The molecule has 0 unspecified atom stereocenters. The Morgan fingerprint density at radius 2 is 1.64 bits per heavy atom. The van der Waals surface area contributed by atoms with Gasteiger partial charge in [0.15, 0.2) is 0 Å². The van der Waals surface area contributed by atoms with Gasteiger partial charge in [0.1, 0.15) is 5.60 Å². The molecule has 2 amide bonds. The van der Waals surface area contributed by atoms with Crippen LogP contribution < -0.4 is 0 Å². The second kappa shape index (κ2) is 9.44. The van der Waals surface area contributed by atoms with E-state index in [9.17, 15) is 9.59 Å². The Morgan fingerprint density at radius 1 is 1.07 bits per heavy atom. The largest absolute Gasteiger partial charge is 0.444 e. The molecule has 2 atom stereocenters. The predicted molar refractivity (Wildman–Crippen MR) is 113 cm³/mol. The number of likely N-dealkylation sites (tertiary alicyclic amines) is 1. The van der Waals surface area contributed by atoms with Gasteiger partial charge in [-0.3, -0.25) is 4.79 Å². The van der Waals surface area contributed by atoms with E-state index in [0.29, 0.717) is 18.4 Å². The summed E-state index contributed by atoms with van der Waals surface area (Å²) >= 11 is 0. The van der Waals surface area contributed by atoms with Crippen molar-refractivity contribution in [2.24, 2.45) is 5.92 Å². The molecule has 1 heterocycles. The van der Waals surface area contributed by atoms with Gasteiger partial charge in [0.2, 0.25) is 0 Å². The second-order valence-corrected chi connectivity index (χ2v) is 8.73. The molecule has 28 heavy (non-hydrogen) atoms. The van der Waals surface area contributed by atoms with Gasteiger partial charge in [-0.15, -0.1) is 0 Å². The van der Waals surface area contributed by atoms with Crippen LogP contribution in [0.4, 0.5) is 4.79 Å². The number of carbonyl (C=O) groups excluding carboxylic acids is 2. The summed E-state index contributed by atoms with van der Waals surface area (Å²) in [6.07, 6.45) is 1.63. The highest BCUT2D eigenvalue weighted by Gasteiger charge is 2.29. The number of nitrogens with zero attached hydrogens (tertiary/aromatic N) is 2. The third-order valence-corrected chi connectivity index (χ3v) is 5.54. The highest BCUT2D eigenvalue weighted by atomic mass is 16.6. The maximum absolute atomic E-state index is 12.5. The van der Waals surface area contributed by atoms with Crippen LogP contribution in [-0.2, 0) is 4.74 Å². The molecular formula is C23H36N2O3. The molecule has 0 N–H and O–H groups in total. The zero-order valence-electron chi connectivity index (χ0n) is 18.3. The van der Waals surface area contributed by atoms with E-state index in [4.69, 9.17) is 4.74 Å². The average molecular weight is 389 g/mol. The van der Waals surface area contributed by atoms with Gasteiger partial charge in [-0.1, -0.05) is 19.1 Å². The highest BCUT2D eigenvalue weighted by Crippen LogP contribution is 2.33. The summed E-state index contributed by atoms with van der Waals surface area (Å²) in [4.78, 5) is 28.6. The van der Waals surface area contributed by atoms with Crippen LogP contribution in [0.25, 0.3) is 0 Å². The topological polar surface area (TPSA) is 49.9 Å². The first-order valence-corrected chi connectivity index (χ1v) is 10.5.